The zero-order chi connectivity index (χ0) is 10.5. The molecule has 0 radical (unpaired) electrons. The SMILES string of the molecule is NC(CCc1ccsc1)CC1CCCO1. The topological polar surface area (TPSA) is 35.2 Å². The lowest BCUT2D eigenvalue weighted by atomic mass is 10.0. The van der Waals surface area contributed by atoms with Gasteiger partial charge in [-0.1, -0.05) is 0 Å². The van der Waals surface area contributed by atoms with Gasteiger partial charge < -0.3 is 10.5 Å². The molecule has 2 N–H and O–H groups in total. The Bertz CT molecular complexity index is 267. The first-order valence-electron chi connectivity index (χ1n) is 5.73. The van der Waals surface area contributed by atoms with Crippen molar-refractivity contribution in [1.29, 1.82) is 0 Å². The summed E-state index contributed by atoms with van der Waals surface area (Å²) in [6, 6.07) is 2.48. The highest BCUT2D eigenvalue weighted by molar-refractivity contribution is 7.07. The molecule has 0 saturated carbocycles. The summed E-state index contributed by atoms with van der Waals surface area (Å²) in [7, 11) is 0. The number of aryl methyl sites for hydroxylation is 1. The van der Waals surface area contributed by atoms with Gasteiger partial charge in [-0.15, -0.1) is 0 Å². The summed E-state index contributed by atoms with van der Waals surface area (Å²) in [4.78, 5) is 0. The summed E-state index contributed by atoms with van der Waals surface area (Å²) < 4.78 is 5.58. The number of nitrogens with two attached hydrogens (primary N) is 1. The predicted octanol–water partition coefficient (Wildman–Crippen LogP) is 2.58. The van der Waals surface area contributed by atoms with Crippen LogP contribution in [0, 0.1) is 0 Å². The van der Waals surface area contributed by atoms with Crippen molar-refractivity contribution in [3.63, 3.8) is 0 Å². The second-order valence-electron chi connectivity index (χ2n) is 4.30. The molecule has 2 nitrogen and oxygen atoms in total. The second kappa shape index (κ2) is 5.64. The van der Waals surface area contributed by atoms with Crippen LogP contribution in [0.15, 0.2) is 16.8 Å². The molecule has 1 aliphatic heterocycles. The fourth-order valence-electron chi connectivity index (χ4n) is 2.07. The first kappa shape index (κ1) is 11.1. The maximum absolute atomic E-state index is 6.09. The highest BCUT2D eigenvalue weighted by Gasteiger charge is 2.18. The molecule has 0 aliphatic carbocycles. The fourth-order valence-corrected chi connectivity index (χ4v) is 2.78. The highest BCUT2D eigenvalue weighted by Crippen LogP contribution is 2.18. The van der Waals surface area contributed by atoms with E-state index in [1.54, 1.807) is 11.3 Å². The number of thiophene rings is 1. The van der Waals surface area contributed by atoms with Gasteiger partial charge in [0.05, 0.1) is 6.10 Å². The second-order valence-corrected chi connectivity index (χ2v) is 5.08. The minimum Gasteiger partial charge on any atom is -0.378 e. The van der Waals surface area contributed by atoms with Crippen molar-refractivity contribution < 1.29 is 4.74 Å². The molecule has 84 valence electrons. The predicted molar refractivity (Wildman–Crippen MR) is 64.2 cm³/mol. The largest absolute Gasteiger partial charge is 0.378 e. The third-order valence-electron chi connectivity index (χ3n) is 2.97. The minimum atomic E-state index is 0.299. The van der Waals surface area contributed by atoms with Gasteiger partial charge in [0.2, 0.25) is 0 Å². The van der Waals surface area contributed by atoms with Gasteiger partial charge in [-0.25, -0.2) is 0 Å². The summed E-state index contributed by atoms with van der Waals surface area (Å²) in [6.07, 6.45) is 6.06. The van der Waals surface area contributed by atoms with Gasteiger partial charge in [0.1, 0.15) is 0 Å². The van der Waals surface area contributed by atoms with Crippen molar-refractivity contribution in [2.24, 2.45) is 5.73 Å². The Morgan fingerprint density at radius 2 is 2.53 bits per heavy atom. The van der Waals surface area contributed by atoms with Crippen LogP contribution >= 0.6 is 11.3 Å². The molecule has 3 heteroatoms. The Balaban J connectivity index is 1.66. The standard InChI is InChI=1S/C12H19NOS/c13-11(8-12-2-1-6-14-12)4-3-10-5-7-15-9-10/h5,7,9,11-12H,1-4,6,8,13H2. The summed E-state index contributed by atoms with van der Waals surface area (Å²) in [6.45, 7) is 0.932. The molecule has 1 aromatic heterocycles. The normalized spacial score (nSPS) is 23.1. The summed E-state index contributed by atoms with van der Waals surface area (Å²) >= 11 is 1.76. The van der Waals surface area contributed by atoms with E-state index in [-0.39, 0.29) is 0 Å². The Hall–Kier alpha value is -0.380. The molecule has 1 aliphatic rings. The van der Waals surface area contributed by atoms with Gasteiger partial charge in [0.15, 0.2) is 0 Å². The summed E-state index contributed by atoms with van der Waals surface area (Å²) in [5, 5.41) is 4.33. The summed E-state index contributed by atoms with van der Waals surface area (Å²) in [5.41, 5.74) is 7.51. The molecule has 2 atom stereocenters. The molecule has 2 unspecified atom stereocenters. The molecule has 1 fully saturated rings. The smallest absolute Gasteiger partial charge is 0.0590 e. The van der Waals surface area contributed by atoms with E-state index in [1.165, 1.54) is 18.4 Å². The van der Waals surface area contributed by atoms with Crippen molar-refractivity contribution in [2.75, 3.05) is 6.61 Å². The molecule has 2 heterocycles. The average molecular weight is 225 g/mol. The van der Waals surface area contributed by atoms with Gasteiger partial charge >= 0.3 is 0 Å². The van der Waals surface area contributed by atoms with Crippen molar-refractivity contribution >= 4 is 11.3 Å². The average Bonchev–Trinajstić information content (AvgIpc) is 2.86. The maximum Gasteiger partial charge on any atom is 0.0590 e. The highest BCUT2D eigenvalue weighted by atomic mass is 32.1. The van der Waals surface area contributed by atoms with Crippen molar-refractivity contribution in [1.82, 2.24) is 0 Å². The molecule has 0 aromatic carbocycles. The maximum atomic E-state index is 6.09. The molecule has 15 heavy (non-hydrogen) atoms. The lowest BCUT2D eigenvalue weighted by molar-refractivity contribution is 0.0976. The molecule has 0 bridgehead atoms. The van der Waals surface area contributed by atoms with E-state index < -0.39 is 0 Å². The van der Waals surface area contributed by atoms with E-state index in [2.05, 4.69) is 16.8 Å². The Kier molecular flexibility index (Phi) is 4.18. The monoisotopic (exact) mass is 225 g/mol. The van der Waals surface area contributed by atoms with Gasteiger partial charge in [-0.05, 0) is 54.5 Å². The van der Waals surface area contributed by atoms with E-state index in [1.807, 2.05) is 0 Å². The van der Waals surface area contributed by atoms with Crippen LogP contribution in [0.3, 0.4) is 0 Å². The number of ether oxygens (including phenoxy) is 1. The van der Waals surface area contributed by atoms with Crippen molar-refractivity contribution in [3.05, 3.63) is 22.4 Å². The van der Waals surface area contributed by atoms with Crippen LogP contribution < -0.4 is 5.73 Å². The van der Waals surface area contributed by atoms with Crippen LogP contribution in [0.2, 0.25) is 0 Å². The van der Waals surface area contributed by atoms with Crippen LogP contribution in [-0.2, 0) is 11.2 Å². The first-order valence-corrected chi connectivity index (χ1v) is 6.67. The quantitative estimate of drug-likeness (QED) is 0.836. The molecule has 2 rings (SSSR count). The molecular weight excluding hydrogens is 206 g/mol. The number of hydrogen-bond donors (Lipinski definition) is 1. The number of hydrogen-bond acceptors (Lipinski definition) is 3. The zero-order valence-corrected chi connectivity index (χ0v) is 9.84. The van der Waals surface area contributed by atoms with Crippen LogP contribution in [0.1, 0.15) is 31.2 Å². The first-order chi connectivity index (χ1) is 7.34. The molecule has 1 saturated heterocycles. The Morgan fingerprint density at radius 3 is 3.20 bits per heavy atom. The van der Waals surface area contributed by atoms with Gasteiger partial charge in [-0.3, -0.25) is 0 Å². The molecule has 0 amide bonds. The summed E-state index contributed by atoms with van der Waals surface area (Å²) in [5.74, 6) is 0. The van der Waals surface area contributed by atoms with E-state index >= 15 is 0 Å². The van der Waals surface area contributed by atoms with Gasteiger partial charge in [0, 0.05) is 12.6 Å². The van der Waals surface area contributed by atoms with Crippen LogP contribution in [-0.4, -0.2) is 18.8 Å². The minimum absolute atomic E-state index is 0.299. The van der Waals surface area contributed by atoms with E-state index in [4.69, 9.17) is 10.5 Å². The number of rotatable bonds is 5. The third kappa shape index (κ3) is 3.59. The lowest BCUT2D eigenvalue weighted by Gasteiger charge is -2.15. The van der Waals surface area contributed by atoms with E-state index in [9.17, 15) is 0 Å². The van der Waals surface area contributed by atoms with E-state index in [0.717, 1.165) is 25.9 Å². The molecule has 1 aromatic rings. The fraction of sp³-hybridized carbons (Fsp3) is 0.667. The Labute approximate surface area is 95.4 Å². The Morgan fingerprint density at radius 1 is 1.60 bits per heavy atom. The van der Waals surface area contributed by atoms with Gasteiger partial charge in [0.25, 0.3) is 0 Å². The van der Waals surface area contributed by atoms with Crippen LogP contribution in [0.4, 0.5) is 0 Å². The molecular formula is C12H19NOS. The van der Waals surface area contributed by atoms with Crippen molar-refractivity contribution in [3.8, 4) is 0 Å². The third-order valence-corrected chi connectivity index (χ3v) is 3.71. The van der Waals surface area contributed by atoms with Crippen LogP contribution in [0.25, 0.3) is 0 Å². The van der Waals surface area contributed by atoms with Crippen LogP contribution in [0.5, 0.6) is 0 Å². The zero-order valence-electron chi connectivity index (χ0n) is 9.02. The van der Waals surface area contributed by atoms with E-state index in [0.29, 0.717) is 12.1 Å². The van der Waals surface area contributed by atoms with Crippen molar-refractivity contribution in [2.45, 2.75) is 44.2 Å². The van der Waals surface area contributed by atoms with Gasteiger partial charge in [-0.2, -0.15) is 11.3 Å². The molecule has 0 spiro atoms. The lowest BCUT2D eigenvalue weighted by Crippen LogP contribution is -2.26.